The number of nitrogens with one attached hydrogen (secondary N) is 2. The quantitative estimate of drug-likeness (QED) is 0.616. The van der Waals surface area contributed by atoms with E-state index in [4.69, 9.17) is 4.99 Å². The van der Waals surface area contributed by atoms with Gasteiger partial charge in [-0.05, 0) is 53.4 Å². The number of nitriles is 1. The smallest absolute Gasteiger partial charge is 0.200 e. The average molecular weight is 372 g/mol. The fourth-order valence-electron chi connectivity index (χ4n) is 2.84. The maximum Gasteiger partial charge on any atom is 0.200 e. The minimum Gasteiger partial charge on any atom is -0.332 e. The predicted octanol–water partition coefficient (Wildman–Crippen LogP) is 3.47. The molecule has 1 aromatic rings. The molecule has 5 nitrogen and oxygen atoms in total. The van der Waals surface area contributed by atoms with Gasteiger partial charge in [-0.3, -0.25) is 0 Å². The normalized spacial score (nSPS) is 22.1. The fraction of sp³-hybridized carbons (Fsp3) is 0.353. The van der Waals surface area contributed by atoms with Crippen LogP contribution in [0.15, 0.2) is 45.3 Å². The number of aliphatic imine (C=N–C) groups is 1. The molecule has 0 amide bonds. The van der Waals surface area contributed by atoms with Gasteiger partial charge in [0.15, 0.2) is 5.96 Å². The molecular formula is C17H18BrN5. The maximum absolute atomic E-state index is 9.62. The van der Waals surface area contributed by atoms with Crippen molar-refractivity contribution in [2.75, 3.05) is 0 Å². The molecule has 6 heteroatoms. The Morgan fingerprint density at radius 3 is 2.87 bits per heavy atom. The number of guanidine groups is 1. The lowest BCUT2D eigenvalue weighted by Crippen LogP contribution is -2.39. The number of aromatic nitrogens is 1. The van der Waals surface area contributed by atoms with Crippen molar-refractivity contribution in [2.24, 2.45) is 4.99 Å². The highest BCUT2D eigenvalue weighted by molar-refractivity contribution is 9.10. The molecule has 1 aromatic heterocycles. The van der Waals surface area contributed by atoms with Gasteiger partial charge < -0.3 is 10.6 Å². The summed E-state index contributed by atoms with van der Waals surface area (Å²) in [5.41, 5.74) is 2.86. The monoisotopic (exact) mass is 371 g/mol. The second-order valence-corrected chi connectivity index (χ2v) is 6.53. The summed E-state index contributed by atoms with van der Waals surface area (Å²) < 4.78 is 0.707. The van der Waals surface area contributed by atoms with Gasteiger partial charge in [0.05, 0.1) is 17.4 Å². The zero-order valence-electron chi connectivity index (χ0n) is 12.9. The third-order valence-corrected chi connectivity index (χ3v) is 4.47. The lowest BCUT2D eigenvalue weighted by Gasteiger charge is -2.22. The summed E-state index contributed by atoms with van der Waals surface area (Å²) in [4.78, 5) is 9.12. The van der Waals surface area contributed by atoms with E-state index in [1.807, 2.05) is 31.3 Å². The van der Waals surface area contributed by atoms with Crippen LogP contribution in [0.1, 0.15) is 38.3 Å². The van der Waals surface area contributed by atoms with Gasteiger partial charge in [-0.15, -0.1) is 0 Å². The number of nitrogens with zero attached hydrogens (tertiary/aromatic N) is 3. The molecule has 1 aliphatic carbocycles. The van der Waals surface area contributed by atoms with E-state index in [0.717, 1.165) is 24.1 Å². The molecule has 2 aliphatic rings. The van der Waals surface area contributed by atoms with Crippen LogP contribution in [0.2, 0.25) is 0 Å². The van der Waals surface area contributed by atoms with Crippen molar-refractivity contribution in [3.05, 3.63) is 46.0 Å². The van der Waals surface area contributed by atoms with Gasteiger partial charge in [0, 0.05) is 6.20 Å². The highest BCUT2D eigenvalue weighted by atomic mass is 79.9. The molecule has 2 N–H and O–H groups in total. The zero-order chi connectivity index (χ0) is 16.2. The molecule has 0 bridgehead atoms. The van der Waals surface area contributed by atoms with Crippen LogP contribution < -0.4 is 10.6 Å². The minimum absolute atomic E-state index is 0.368. The summed E-state index contributed by atoms with van der Waals surface area (Å²) in [5, 5.41) is 16.1. The van der Waals surface area contributed by atoms with Crippen molar-refractivity contribution in [2.45, 2.75) is 38.6 Å². The number of rotatable bonds is 2. The zero-order valence-corrected chi connectivity index (χ0v) is 14.5. The van der Waals surface area contributed by atoms with Crippen LogP contribution in [0.3, 0.4) is 0 Å². The number of halogens is 1. The van der Waals surface area contributed by atoms with Crippen LogP contribution in [0.5, 0.6) is 0 Å². The van der Waals surface area contributed by atoms with Crippen LogP contribution in [0.4, 0.5) is 0 Å². The molecule has 0 radical (unpaired) electrons. The molecule has 2 heterocycles. The maximum atomic E-state index is 9.62. The number of allylic oxidation sites excluding steroid dienone is 2. The van der Waals surface area contributed by atoms with E-state index in [-0.39, 0.29) is 0 Å². The summed E-state index contributed by atoms with van der Waals surface area (Å²) >= 11 is 3.35. The van der Waals surface area contributed by atoms with Crippen LogP contribution in [0.25, 0.3) is 5.57 Å². The topological polar surface area (TPSA) is 73.1 Å². The van der Waals surface area contributed by atoms with Gasteiger partial charge in [0.1, 0.15) is 16.2 Å². The molecule has 0 atom stereocenters. The Labute approximate surface area is 144 Å². The first-order valence-electron chi connectivity index (χ1n) is 7.73. The van der Waals surface area contributed by atoms with Gasteiger partial charge in [-0.2, -0.15) is 5.26 Å². The van der Waals surface area contributed by atoms with Crippen LogP contribution >= 0.6 is 15.9 Å². The third kappa shape index (κ3) is 3.62. The van der Waals surface area contributed by atoms with Crippen molar-refractivity contribution in [1.29, 1.82) is 5.26 Å². The van der Waals surface area contributed by atoms with E-state index < -0.39 is 0 Å². The van der Waals surface area contributed by atoms with E-state index in [1.54, 1.807) is 0 Å². The van der Waals surface area contributed by atoms with E-state index in [9.17, 15) is 5.26 Å². The van der Waals surface area contributed by atoms with Gasteiger partial charge in [-0.1, -0.05) is 18.9 Å². The van der Waals surface area contributed by atoms with Crippen LogP contribution in [-0.4, -0.2) is 17.0 Å². The van der Waals surface area contributed by atoms with Gasteiger partial charge in [0.25, 0.3) is 0 Å². The number of hydrogen-bond donors (Lipinski definition) is 2. The Balaban J connectivity index is 1.96. The molecule has 3 rings (SSSR count). The molecule has 118 valence electrons. The molecule has 0 unspecified atom stereocenters. The first-order chi connectivity index (χ1) is 11.2. The number of pyridine rings is 1. The molecular weight excluding hydrogens is 354 g/mol. The van der Waals surface area contributed by atoms with Crippen molar-refractivity contribution in [3.63, 3.8) is 0 Å². The van der Waals surface area contributed by atoms with Crippen LogP contribution in [-0.2, 0) is 0 Å². The molecule has 23 heavy (non-hydrogen) atoms. The van der Waals surface area contributed by atoms with Crippen molar-refractivity contribution in [3.8, 4) is 6.07 Å². The van der Waals surface area contributed by atoms with Gasteiger partial charge in [0.2, 0.25) is 0 Å². The highest BCUT2D eigenvalue weighted by Crippen LogP contribution is 2.24. The average Bonchev–Trinajstić information content (AvgIpc) is 3.04. The van der Waals surface area contributed by atoms with Gasteiger partial charge >= 0.3 is 0 Å². The van der Waals surface area contributed by atoms with Crippen molar-refractivity contribution >= 4 is 27.5 Å². The Morgan fingerprint density at radius 1 is 1.39 bits per heavy atom. The lowest BCUT2D eigenvalue weighted by atomic mass is 10.1. The Hall–Kier alpha value is -2.13. The van der Waals surface area contributed by atoms with E-state index in [1.165, 1.54) is 12.8 Å². The second-order valence-electron chi connectivity index (χ2n) is 5.72. The SMILES string of the molecule is CC1=CNC(=NC2CCCC2)N/C1=C(\C#N)c1cccc(Br)n1. The predicted molar refractivity (Wildman–Crippen MR) is 94.2 cm³/mol. The minimum atomic E-state index is 0.368. The number of hydrogen-bond acceptors (Lipinski definition) is 3. The summed E-state index contributed by atoms with van der Waals surface area (Å²) in [6.45, 7) is 1.96. The van der Waals surface area contributed by atoms with E-state index in [2.05, 4.69) is 37.6 Å². The molecule has 0 saturated heterocycles. The molecule has 1 fully saturated rings. The van der Waals surface area contributed by atoms with Gasteiger partial charge in [-0.25, -0.2) is 9.98 Å². The summed E-state index contributed by atoms with van der Waals surface area (Å²) in [5.74, 6) is 0.709. The molecule has 0 spiro atoms. The van der Waals surface area contributed by atoms with E-state index >= 15 is 0 Å². The summed E-state index contributed by atoms with van der Waals surface area (Å²) in [7, 11) is 0. The fourth-order valence-corrected chi connectivity index (χ4v) is 3.18. The molecule has 0 aromatic carbocycles. The summed E-state index contributed by atoms with van der Waals surface area (Å²) in [6, 6.07) is 8.19. The van der Waals surface area contributed by atoms with Crippen LogP contribution in [0, 0.1) is 11.3 Å². The first-order valence-corrected chi connectivity index (χ1v) is 8.52. The second kappa shape index (κ2) is 6.97. The Kier molecular flexibility index (Phi) is 4.77. The van der Waals surface area contributed by atoms with Crippen molar-refractivity contribution in [1.82, 2.24) is 15.6 Å². The third-order valence-electron chi connectivity index (χ3n) is 4.03. The summed E-state index contributed by atoms with van der Waals surface area (Å²) in [6.07, 6.45) is 6.63. The van der Waals surface area contributed by atoms with E-state index in [0.29, 0.717) is 27.9 Å². The van der Waals surface area contributed by atoms with Crippen molar-refractivity contribution < 1.29 is 0 Å². The molecule has 1 aliphatic heterocycles. The molecule has 1 saturated carbocycles. The first kappa shape index (κ1) is 15.8. The highest BCUT2D eigenvalue weighted by Gasteiger charge is 2.20. The lowest BCUT2D eigenvalue weighted by molar-refractivity contribution is 0.696. The Morgan fingerprint density at radius 2 is 2.17 bits per heavy atom. The standard InChI is InChI=1S/C17H18BrN5/c1-11-10-20-17(21-12-5-2-3-6-12)23-16(11)13(9-19)14-7-4-8-15(18)22-14/h4,7-8,10,12H,2-3,5-6H2,1H3,(H2,20,21,23)/b16-13+. The Bertz CT molecular complexity index is 736. The largest absolute Gasteiger partial charge is 0.332 e.